The highest BCUT2D eigenvalue weighted by Crippen LogP contribution is 2.28. The van der Waals surface area contributed by atoms with Crippen LogP contribution in [0.4, 0.5) is 0 Å². The van der Waals surface area contributed by atoms with Crippen molar-refractivity contribution < 1.29 is 33.6 Å². The van der Waals surface area contributed by atoms with Crippen molar-refractivity contribution in [3.8, 4) is 10.4 Å². The number of carbonyl (C=O) groups excluding carboxylic acids is 2. The van der Waals surface area contributed by atoms with Gasteiger partial charge in [0.05, 0.1) is 81.1 Å². The predicted octanol–water partition coefficient (Wildman–Crippen LogP) is 3.20. The highest BCUT2D eigenvalue weighted by Gasteiger charge is 2.43. The number of likely N-dealkylation sites (tertiary alicyclic amines) is 1. The Morgan fingerprint density at radius 3 is 2.18 bits per heavy atom. The highest BCUT2D eigenvalue weighted by atomic mass is 127. The number of aromatic nitrogens is 1. The lowest BCUT2D eigenvalue weighted by Crippen LogP contribution is -2.57. The van der Waals surface area contributed by atoms with Gasteiger partial charge in [-0.25, -0.2) is 4.98 Å². The van der Waals surface area contributed by atoms with Crippen LogP contribution >= 0.6 is 33.9 Å². The third-order valence-corrected chi connectivity index (χ3v) is 8.76. The van der Waals surface area contributed by atoms with Crippen molar-refractivity contribution in [2.24, 2.45) is 5.41 Å². The smallest absolute Gasteiger partial charge is 0.243 e. The topological polar surface area (TPSA) is 131 Å². The molecule has 3 atom stereocenters. The Kier molecular flexibility index (Phi) is 16.6. The number of aliphatic hydroxyl groups is 1. The van der Waals surface area contributed by atoms with Crippen molar-refractivity contribution in [3.05, 3.63) is 41.0 Å². The van der Waals surface area contributed by atoms with E-state index < -0.39 is 23.6 Å². The Morgan fingerprint density at radius 2 is 1.62 bits per heavy atom. The summed E-state index contributed by atoms with van der Waals surface area (Å²) >= 11 is 3.87. The van der Waals surface area contributed by atoms with E-state index in [2.05, 4.69) is 38.2 Å². The standard InChI is InChI=1S/C32H49IN4O7S/c1-23-28(45-22-36-23)25-7-5-24(6-8-25)20-35-30(39)27-19-26(38)21-37(27)31(40)29(32(2,3)4)34-10-12-42-14-16-44-18-17-43-15-13-41-11-9-33/h5-8,22,26-27,29,34,38H,9-21H2,1-4H3,(H,35,39). The maximum absolute atomic E-state index is 13.8. The Morgan fingerprint density at radius 1 is 1.02 bits per heavy atom. The monoisotopic (exact) mass is 760 g/mol. The minimum atomic E-state index is -0.755. The predicted molar refractivity (Wildman–Crippen MR) is 184 cm³/mol. The molecule has 0 bridgehead atoms. The summed E-state index contributed by atoms with van der Waals surface area (Å²) in [6.07, 6.45) is -0.548. The van der Waals surface area contributed by atoms with Crippen LogP contribution in [0.5, 0.6) is 0 Å². The van der Waals surface area contributed by atoms with E-state index in [-0.39, 0.29) is 24.8 Å². The van der Waals surface area contributed by atoms with Gasteiger partial charge in [0.1, 0.15) is 6.04 Å². The minimum Gasteiger partial charge on any atom is -0.391 e. The summed E-state index contributed by atoms with van der Waals surface area (Å²) in [5, 5.41) is 16.7. The van der Waals surface area contributed by atoms with E-state index in [1.54, 1.807) is 11.3 Å². The fraction of sp³-hybridized carbons (Fsp3) is 0.656. The molecule has 45 heavy (non-hydrogen) atoms. The van der Waals surface area contributed by atoms with Crippen LogP contribution in [-0.2, 0) is 35.1 Å². The minimum absolute atomic E-state index is 0.122. The molecule has 0 aliphatic carbocycles. The summed E-state index contributed by atoms with van der Waals surface area (Å²) in [4.78, 5) is 34.0. The lowest BCUT2D eigenvalue weighted by atomic mass is 9.85. The first-order valence-electron chi connectivity index (χ1n) is 15.5. The molecular weight excluding hydrogens is 711 g/mol. The number of amides is 2. The summed E-state index contributed by atoms with van der Waals surface area (Å²) < 4.78 is 23.0. The molecule has 0 radical (unpaired) electrons. The van der Waals surface area contributed by atoms with E-state index in [1.807, 2.05) is 57.5 Å². The van der Waals surface area contributed by atoms with E-state index in [0.29, 0.717) is 59.3 Å². The number of ether oxygens (including phenoxy) is 4. The zero-order valence-corrected chi connectivity index (χ0v) is 29.9. The van der Waals surface area contributed by atoms with E-state index in [9.17, 15) is 14.7 Å². The molecule has 1 aromatic carbocycles. The number of hydrogen-bond donors (Lipinski definition) is 3. The molecule has 252 valence electrons. The van der Waals surface area contributed by atoms with E-state index in [1.165, 1.54) is 4.90 Å². The zero-order chi connectivity index (χ0) is 32.7. The van der Waals surface area contributed by atoms with Gasteiger partial charge in [0.15, 0.2) is 0 Å². The molecule has 1 saturated heterocycles. The number of alkyl halides is 1. The van der Waals surface area contributed by atoms with E-state index in [4.69, 9.17) is 18.9 Å². The van der Waals surface area contributed by atoms with Crippen LogP contribution in [0.1, 0.15) is 38.4 Å². The zero-order valence-electron chi connectivity index (χ0n) is 26.9. The fourth-order valence-electron chi connectivity index (χ4n) is 4.99. The van der Waals surface area contributed by atoms with Crippen molar-refractivity contribution in [1.29, 1.82) is 0 Å². The average Bonchev–Trinajstić information content (AvgIpc) is 3.62. The number of benzene rings is 1. The molecule has 1 aliphatic rings. The first-order chi connectivity index (χ1) is 21.6. The second-order valence-corrected chi connectivity index (χ2v) is 13.9. The number of β-amino-alcohol motifs (C(OH)–C–C–N with tert-alkyl or cyclic N) is 1. The highest BCUT2D eigenvalue weighted by molar-refractivity contribution is 14.1. The van der Waals surface area contributed by atoms with Crippen molar-refractivity contribution >= 4 is 45.7 Å². The SMILES string of the molecule is Cc1ncsc1-c1ccc(CNC(=O)C2CC(O)CN2C(=O)C(NCCOCCOCCOCCOCCI)C(C)(C)C)cc1. The molecule has 0 spiro atoms. The summed E-state index contributed by atoms with van der Waals surface area (Å²) in [6.45, 7) is 13.0. The van der Waals surface area contributed by atoms with Crippen molar-refractivity contribution in [1.82, 2.24) is 20.5 Å². The number of nitrogens with zero attached hydrogens (tertiary/aromatic N) is 2. The summed E-state index contributed by atoms with van der Waals surface area (Å²) in [7, 11) is 0. The molecular formula is C32H49IN4O7S. The molecule has 11 nitrogen and oxygen atoms in total. The van der Waals surface area contributed by atoms with Crippen LogP contribution in [0.3, 0.4) is 0 Å². The second-order valence-electron chi connectivity index (χ2n) is 12.0. The second kappa shape index (κ2) is 19.8. The number of aliphatic hydroxyl groups excluding tert-OH is 1. The number of thiazole rings is 1. The molecule has 13 heteroatoms. The third-order valence-electron chi connectivity index (χ3n) is 7.34. The normalized spacial score (nSPS) is 17.5. The summed E-state index contributed by atoms with van der Waals surface area (Å²) in [6, 6.07) is 6.72. The third kappa shape index (κ3) is 12.8. The van der Waals surface area contributed by atoms with Gasteiger partial charge >= 0.3 is 0 Å². The van der Waals surface area contributed by atoms with Crippen LogP contribution in [0, 0.1) is 12.3 Å². The van der Waals surface area contributed by atoms with Gasteiger partial charge in [-0.05, 0) is 23.5 Å². The van der Waals surface area contributed by atoms with Crippen molar-refractivity contribution in [2.75, 3.05) is 70.4 Å². The van der Waals surface area contributed by atoms with Crippen molar-refractivity contribution in [2.45, 2.75) is 58.8 Å². The lowest BCUT2D eigenvalue weighted by Gasteiger charge is -2.35. The first kappa shape index (κ1) is 37.7. The number of rotatable bonds is 20. The summed E-state index contributed by atoms with van der Waals surface area (Å²) in [5.41, 5.74) is 4.44. The van der Waals surface area contributed by atoms with Crippen LogP contribution in [0.25, 0.3) is 10.4 Å². The van der Waals surface area contributed by atoms with Gasteiger partial charge in [-0.2, -0.15) is 0 Å². The van der Waals surface area contributed by atoms with Gasteiger partial charge in [0, 0.05) is 30.5 Å². The van der Waals surface area contributed by atoms with Crippen molar-refractivity contribution in [3.63, 3.8) is 0 Å². The van der Waals surface area contributed by atoms with Gasteiger partial charge in [0.25, 0.3) is 0 Å². The Hall–Kier alpha value is -1.72. The molecule has 3 unspecified atom stereocenters. The van der Waals surface area contributed by atoms with Crippen LogP contribution in [0.2, 0.25) is 0 Å². The Labute approximate surface area is 284 Å². The molecule has 2 aromatic rings. The van der Waals surface area contributed by atoms with E-state index >= 15 is 0 Å². The summed E-state index contributed by atoms with van der Waals surface area (Å²) in [5.74, 6) is -0.472. The quantitative estimate of drug-likeness (QED) is 0.106. The molecule has 2 heterocycles. The van der Waals surface area contributed by atoms with Crippen LogP contribution in [-0.4, -0.2) is 115 Å². The Bertz CT molecular complexity index is 1160. The molecule has 1 fully saturated rings. The number of hydrogen-bond acceptors (Lipinski definition) is 10. The lowest BCUT2D eigenvalue weighted by molar-refractivity contribution is -0.142. The van der Waals surface area contributed by atoms with Gasteiger partial charge in [-0.15, -0.1) is 11.3 Å². The van der Waals surface area contributed by atoms with Crippen LogP contribution in [0.15, 0.2) is 29.8 Å². The van der Waals surface area contributed by atoms with Gasteiger partial charge in [0.2, 0.25) is 11.8 Å². The average molecular weight is 761 g/mol. The van der Waals surface area contributed by atoms with E-state index in [0.717, 1.165) is 32.7 Å². The molecule has 1 aliphatic heterocycles. The molecule has 3 N–H and O–H groups in total. The fourth-order valence-corrected chi connectivity index (χ4v) is 6.11. The number of nitrogens with one attached hydrogen (secondary N) is 2. The largest absolute Gasteiger partial charge is 0.391 e. The van der Waals surface area contributed by atoms with Gasteiger partial charge < -0.3 is 39.6 Å². The molecule has 0 saturated carbocycles. The molecule has 1 aromatic heterocycles. The maximum atomic E-state index is 13.8. The first-order valence-corrected chi connectivity index (χ1v) is 17.9. The number of carbonyl (C=O) groups is 2. The Balaban J connectivity index is 1.40. The number of halogens is 1. The molecule has 3 rings (SSSR count). The van der Waals surface area contributed by atoms with Gasteiger partial charge in [-0.3, -0.25) is 9.59 Å². The number of aryl methyl sites for hydroxylation is 1. The van der Waals surface area contributed by atoms with Crippen LogP contribution < -0.4 is 10.6 Å². The maximum Gasteiger partial charge on any atom is 0.243 e. The molecule has 2 amide bonds. The van der Waals surface area contributed by atoms with Gasteiger partial charge in [-0.1, -0.05) is 67.6 Å².